The number of carbonyl (C=O) groups excluding carboxylic acids is 1. The summed E-state index contributed by atoms with van der Waals surface area (Å²) in [6, 6.07) is -1.25. The molecule has 1 aliphatic carbocycles. The average molecular weight is 170 g/mol. The molecule has 0 aromatic heterocycles. The van der Waals surface area contributed by atoms with Crippen LogP contribution in [0.2, 0.25) is 0 Å². The van der Waals surface area contributed by atoms with Crippen molar-refractivity contribution in [2.75, 3.05) is 0 Å². The van der Waals surface area contributed by atoms with Crippen molar-refractivity contribution < 1.29 is 9.18 Å². The number of carbonyl (C=O) groups is 1. The molecule has 2 atom stereocenters. The van der Waals surface area contributed by atoms with Crippen LogP contribution in [0, 0.1) is 17.8 Å². The van der Waals surface area contributed by atoms with Crippen LogP contribution in [0.1, 0.15) is 27.2 Å². The summed E-state index contributed by atoms with van der Waals surface area (Å²) in [5.74, 6) is 1.29. The van der Waals surface area contributed by atoms with Gasteiger partial charge in [0.05, 0.1) is 0 Å². The highest BCUT2D eigenvalue weighted by Gasteiger charge is 2.28. The van der Waals surface area contributed by atoms with Crippen molar-refractivity contribution >= 4 is 6.04 Å². The Bertz CT molecular complexity index is 218. The van der Waals surface area contributed by atoms with Gasteiger partial charge in [0, 0.05) is 5.57 Å². The van der Waals surface area contributed by atoms with Crippen LogP contribution in [0.5, 0.6) is 0 Å². The molecule has 0 saturated heterocycles. The van der Waals surface area contributed by atoms with Crippen LogP contribution in [0.15, 0.2) is 11.6 Å². The molecule has 0 amide bonds. The first-order chi connectivity index (χ1) is 5.52. The fourth-order valence-corrected chi connectivity index (χ4v) is 1.94. The van der Waals surface area contributed by atoms with E-state index in [-0.39, 0.29) is 0 Å². The lowest BCUT2D eigenvalue weighted by molar-refractivity contribution is -0.125. The molecule has 12 heavy (non-hydrogen) atoms. The van der Waals surface area contributed by atoms with Gasteiger partial charge >= 0.3 is 6.04 Å². The zero-order valence-corrected chi connectivity index (χ0v) is 7.80. The van der Waals surface area contributed by atoms with E-state index in [0.717, 1.165) is 0 Å². The summed E-state index contributed by atoms with van der Waals surface area (Å²) < 4.78 is 12.3. The predicted octanol–water partition coefficient (Wildman–Crippen LogP) is 2.72. The summed E-state index contributed by atoms with van der Waals surface area (Å²) in [6.07, 6.45) is 2.41. The van der Waals surface area contributed by atoms with Crippen molar-refractivity contribution in [1.82, 2.24) is 0 Å². The minimum absolute atomic E-state index is 0.375. The van der Waals surface area contributed by atoms with Gasteiger partial charge in [-0.15, -0.1) is 0 Å². The molecule has 0 bridgehead atoms. The normalized spacial score (nSPS) is 29.2. The molecule has 0 radical (unpaired) electrons. The van der Waals surface area contributed by atoms with Crippen molar-refractivity contribution in [2.45, 2.75) is 27.2 Å². The van der Waals surface area contributed by atoms with Crippen LogP contribution in [0.4, 0.5) is 4.39 Å². The van der Waals surface area contributed by atoms with Crippen LogP contribution in [0.3, 0.4) is 0 Å². The second-order valence-corrected chi connectivity index (χ2v) is 3.97. The Morgan fingerprint density at radius 2 is 2.25 bits per heavy atom. The maximum absolute atomic E-state index is 12.3. The molecular weight excluding hydrogens is 155 g/mol. The van der Waals surface area contributed by atoms with Crippen LogP contribution in [-0.4, -0.2) is 6.04 Å². The molecule has 68 valence electrons. The molecule has 0 aliphatic heterocycles. The Labute approximate surface area is 72.7 Å². The van der Waals surface area contributed by atoms with Crippen molar-refractivity contribution in [2.24, 2.45) is 17.8 Å². The van der Waals surface area contributed by atoms with E-state index in [1.807, 2.05) is 0 Å². The molecule has 0 heterocycles. The fourth-order valence-electron chi connectivity index (χ4n) is 1.94. The first-order valence-corrected chi connectivity index (χ1v) is 4.43. The monoisotopic (exact) mass is 170 g/mol. The molecule has 0 spiro atoms. The Morgan fingerprint density at radius 1 is 1.67 bits per heavy atom. The maximum atomic E-state index is 12.3. The fraction of sp³-hybridized carbons (Fsp3) is 0.700. The second-order valence-electron chi connectivity index (χ2n) is 3.97. The molecule has 0 fully saturated rings. The molecule has 2 unspecified atom stereocenters. The predicted molar refractivity (Wildman–Crippen MR) is 46.3 cm³/mol. The Hall–Kier alpha value is -0.660. The first-order valence-electron chi connectivity index (χ1n) is 4.43. The third-order valence-corrected chi connectivity index (χ3v) is 2.61. The van der Waals surface area contributed by atoms with Gasteiger partial charge in [0.1, 0.15) is 0 Å². The average Bonchev–Trinajstić information content (AvgIpc) is 2.30. The van der Waals surface area contributed by atoms with Crippen molar-refractivity contribution in [3.8, 4) is 0 Å². The van der Waals surface area contributed by atoms with E-state index >= 15 is 0 Å². The molecule has 0 aromatic rings. The maximum Gasteiger partial charge on any atom is 0.327 e. The van der Waals surface area contributed by atoms with E-state index < -0.39 is 6.04 Å². The van der Waals surface area contributed by atoms with E-state index in [0.29, 0.717) is 29.7 Å². The van der Waals surface area contributed by atoms with E-state index in [1.165, 1.54) is 0 Å². The van der Waals surface area contributed by atoms with Gasteiger partial charge < -0.3 is 0 Å². The summed E-state index contributed by atoms with van der Waals surface area (Å²) in [5.41, 5.74) is 0.376. The van der Waals surface area contributed by atoms with Crippen LogP contribution in [-0.2, 0) is 4.79 Å². The third kappa shape index (κ3) is 1.74. The van der Waals surface area contributed by atoms with Gasteiger partial charge in [0.25, 0.3) is 0 Å². The summed E-state index contributed by atoms with van der Waals surface area (Å²) in [6.45, 7) is 6.27. The van der Waals surface area contributed by atoms with Gasteiger partial charge in [0.2, 0.25) is 0 Å². The van der Waals surface area contributed by atoms with E-state index in [9.17, 15) is 9.18 Å². The van der Waals surface area contributed by atoms with Gasteiger partial charge in [-0.25, -0.2) is 0 Å². The Kier molecular flexibility index (Phi) is 2.65. The van der Waals surface area contributed by atoms with Crippen LogP contribution >= 0.6 is 0 Å². The minimum atomic E-state index is -1.25. The van der Waals surface area contributed by atoms with Crippen molar-refractivity contribution in [3.05, 3.63) is 11.6 Å². The lowest BCUT2D eigenvalue weighted by Gasteiger charge is -2.17. The summed E-state index contributed by atoms with van der Waals surface area (Å²) in [5, 5.41) is 0. The molecule has 1 rings (SSSR count). The highest BCUT2D eigenvalue weighted by Crippen LogP contribution is 2.35. The lowest BCUT2D eigenvalue weighted by atomic mass is 9.87. The standard InChI is InChI=1S/C10H15FO/c1-6(2)9-5-8(10(11)12)4-7(9)3/h5-7,9H,4H2,1-3H3. The molecule has 2 heteroatoms. The molecular formula is C10H15FO. The van der Waals surface area contributed by atoms with Crippen LogP contribution in [0.25, 0.3) is 0 Å². The molecule has 1 nitrogen and oxygen atoms in total. The van der Waals surface area contributed by atoms with Gasteiger partial charge in [-0.3, -0.25) is 4.79 Å². The van der Waals surface area contributed by atoms with E-state index in [4.69, 9.17) is 0 Å². The highest BCUT2D eigenvalue weighted by molar-refractivity contribution is 5.88. The minimum Gasteiger partial charge on any atom is -0.256 e. The number of allylic oxidation sites excluding steroid dienone is 2. The lowest BCUT2D eigenvalue weighted by Crippen LogP contribution is -2.10. The number of halogens is 1. The van der Waals surface area contributed by atoms with Gasteiger partial charge in [0.15, 0.2) is 0 Å². The van der Waals surface area contributed by atoms with E-state index in [1.54, 1.807) is 6.08 Å². The zero-order chi connectivity index (χ0) is 9.30. The summed E-state index contributed by atoms with van der Waals surface area (Å²) in [4.78, 5) is 10.4. The van der Waals surface area contributed by atoms with Gasteiger partial charge in [-0.05, 0) is 24.2 Å². The molecule has 0 N–H and O–H groups in total. The van der Waals surface area contributed by atoms with E-state index in [2.05, 4.69) is 20.8 Å². The summed E-state index contributed by atoms with van der Waals surface area (Å²) in [7, 11) is 0. The third-order valence-electron chi connectivity index (χ3n) is 2.61. The largest absolute Gasteiger partial charge is 0.327 e. The van der Waals surface area contributed by atoms with Crippen molar-refractivity contribution in [1.29, 1.82) is 0 Å². The Morgan fingerprint density at radius 3 is 2.50 bits per heavy atom. The van der Waals surface area contributed by atoms with Crippen LogP contribution < -0.4 is 0 Å². The summed E-state index contributed by atoms with van der Waals surface area (Å²) >= 11 is 0. The van der Waals surface area contributed by atoms with Crippen molar-refractivity contribution in [3.63, 3.8) is 0 Å². The molecule has 0 aromatic carbocycles. The quantitative estimate of drug-likeness (QED) is 0.582. The zero-order valence-electron chi connectivity index (χ0n) is 7.80. The number of rotatable bonds is 2. The number of hydrogen-bond donors (Lipinski definition) is 0. The Balaban J connectivity index is 2.73. The highest BCUT2D eigenvalue weighted by atomic mass is 19.1. The van der Waals surface area contributed by atoms with Gasteiger partial charge in [-0.2, -0.15) is 4.39 Å². The smallest absolute Gasteiger partial charge is 0.256 e. The topological polar surface area (TPSA) is 17.1 Å². The SMILES string of the molecule is CC(C)C1C=C(C(=O)F)CC1C. The first kappa shape index (κ1) is 9.43. The molecule has 0 saturated carbocycles. The molecule has 1 aliphatic rings. The second kappa shape index (κ2) is 3.38. The number of hydrogen-bond acceptors (Lipinski definition) is 1. The van der Waals surface area contributed by atoms with Gasteiger partial charge in [-0.1, -0.05) is 26.8 Å².